The minimum atomic E-state index is -0.864. The van der Waals surface area contributed by atoms with Crippen molar-refractivity contribution in [3.63, 3.8) is 0 Å². The number of rotatable bonds is 2. The van der Waals surface area contributed by atoms with Gasteiger partial charge in [-0.15, -0.1) is 0 Å². The summed E-state index contributed by atoms with van der Waals surface area (Å²) in [6.45, 7) is 5.49. The Morgan fingerprint density at radius 2 is 2.00 bits per heavy atom. The van der Waals surface area contributed by atoms with Gasteiger partial charge >= 0.3 is 6.03 Å². The molecule has 116 valence electrons. The Morgan fingerprint density at radius 3 is 2.59 bits per heavy atom. The summed E-state index contributed by atoms with van der Waals surface area (Å²) in [5, 5.41) is 2.39. The number of carbonyl (C=O) groups is 2. The van der Waals surface area contributed by atoms with Crippen molar-refractivity contribution in [1.82, 2.24) is 10.2 Å². The van der Waals surface area contributed by atoms with Crippen LogP contribution in [0.4, 0.5) is 10.5 Å². The van der Waals surface area contributed by atoms with Crippen molar-refractivity contribution in [3.8, 4) is 0 Å². The minimum absolute atomic E-state index is 0.263. The zero-order valence-electron chi connectivity index (χ0n) is 13.2. The largest absolute Gasteiger partial charge is 0.329 e. The highest BCUT2D eigenvalue weighted by Crippen LogP contribution is 2.31. The van der Waals surface area contributed by atoms with E-state index in [1.54, 1.807) is 13.8 Å². The van der Waals surface area contributed by atoms with Crippen LogP contribution in [-0.4, -0.2) is 42.5 Å². The molecule has 1 aromatic rings. The maximum atomic E-state index is 12.1. The number of hydrogen-bond donors (Lipinski definition) is 1. The first-order valence-corrected chi connectivity index (χ1v) is 7.53. The van der Waals surface area contributed by atoms with Gasteiger partial charge in [-0.1, -0.05) is 18.2 Å². The van der Waals surface area contributed by atoms with Gasteiger partial charge in [-0.2, -0.15) is 0 Å². The van der Waals surface area contributed by atoms with Crippen molar-refractivity contribution in [1.29, 1.82) is 0 Å². The maximum Gasteiger partial charge on any atom is 0.329 e. The van der Waals surface area contributed by atoms with E-state index in [-0.39, 0.29) is 11.9 Å². The van der Waals surface area contributed by atoms with Gasteiger partial charge in [0.25, 0.3) is 5.91 Å². The first kappa shape index (κ1) is 14.8. The number of nitrogens with one attached hydrogen (secondary N) is 1. The van der Waals surface area contributed by atoms with E-state index >= 15 is 0 Å². The lowest BCUT2D eigenvalue weighted by atomic mass is 9.97. The quantitative estimate of drug-likeness (QED) is 0.852. The van der Waals surface area contributed by atoms with E-state index in [9.17, 15) is 9.59 Å². The summed E-state index contributed by atoms with van der Waals surface area (Å²) in [5.41, 5.74) is 2.31. The second kappa shape index (κ2) is 5.25. The molecule has 0 aromatic heterocycles. The fourth-order valence-corrected chi connectivity index (χ4v) is 2.98. The van der Waals surface area contributed by atoms with E-state index in [1.165, 1.54) is 10.5 Å². The third-order valence-electron chi connectivity index (χ3n) is 4.43. The van der Waals surface area contributed by atoms with Crippen LogP contribution >= 0.6 is 0 Å². The molecule has 1 fully saturated rings. The van der Waals surface area contributed by atoms with Crippen LogP contribution in [0.3, 0.4) is 0 Å². The fraction of sp³-hybridized carbons (Fsp3) is 0.412. The van der Waals surface area contributed by atoms with Gasteiger partial charge < -0.3 is 4.90 Å². The number of benzene rings is 1. The molecule has 2 aliphatic rings. The SMILES string of the molecule is CN1CC=C(c2cccc(N3C(=O)NC(=O)C3(C)C)c2)CC1. The summed E-state index contributed by atoms with van der Waals surface area (Å²) in [4.78, 5) is 27.8. The van der Waals surface area contributed by atoms with Crippen molar-refractivity contribution in [3.05, 3.63) is 35.9 Å². The average molecular weight is 299 g/mol. The van der Waals surface area contributed by atoms with Gasteiger partial charge in [-0.05, 0) is 50.6 Å². The molecule has 1 aromatic carbocycles. The molecule has 0 radical (unpaired) electrons. The summed E-state index contributed by atoms with van der Waals surface area (Å²) in [7, 11) is 2.10. The van der Waals surface area contributed by atoms with E-state index in [0.717, 1.165) is 30.8 Å². The first-order valence-electron chi connectivity index (χ1n) is 7.53. The molecular weight excluding hydrogens is 278 g/mol. The zero-order valence-corrected chi connectivity index (χ0v) is 13.2. The van der Waals surface area contributed by atoms with Gasteiger partial charge in [0, 0.05) is 18.8 Å². The Balaban J connectivity index is 1.95. The Morgan fingerprint density at radius 1 is 1.23 bits per heavy atom. The van der Waals surface area contributed by atoms with E-state index in [1.807, 2.05) is 18.2 Å². The number of hydrogen-bond acceptors (Lipinski definition) is 3. The molecule has 0 atom stereocenters. The maximum absolute atomic E-state index is 12.1. The van der Waals surface area contributed by atoms with Gasteiger partial charge in [-0.3, -0.25) is 15.0 Å². The van der Waals surface area contributed by atoms with Gasteiger partial charge in [0.1, 0.15) is 5.54 Å². The van der Waals surface area contributed by atoms with E-state index < -0.39 is 5.54 Å². The smallest absolute Gasteiger partial charge is 0.302 e. The molecule has 1 N–H and O–H groups in total. The molecular formula is C17H21N3O2. The highest BCUT2D eigenvalue weighted by atomic mass is 16.2. The molecule has 0 spiro atoms. The summed E-state index contributed by atoms with van der Waals surface area (Å²) in [6.07, 6.45) is 3.22. The third-order valence-corrected chi connectivity index (χ3v) is 4.43. The summed E-state index contributed by atoms with van der Waals surface area (Å²) in [5.74, 6) is -0.263. The number of amides is 3. The van der Waals surface area contributed by atoms with Crippen molar-refractivity contribution in [2.45, 2.75) is 25.8 Å². The van der Waals surface area contributed by atoms with Crippen LogP contribution < -0.4 is 10.2 Å². The van der Waals surface area contributed by atoms with Crippen LogP contribution in [0.15, 0.2) is 30.3 Å². The minimum Gasteiger partial charge on any atom is -0.302 e. The Kier molecular flexibility index (Phi) is 3.53. The number of urea groups is 1. The lowest BCUT2D eigenvalue weighted by Gasteiger charge is -2.29. The number of carbonyl (C=O) groups excluding carboxylic acids is 2. The lowest BCUT2D eigenvalue weighted by Crippen LogP contribution is -2.44. The first-order chi connectivity index (χ1) is 10.4. The van der Waals surface area contributed by atoms with E-state index in [4.69, 9.17) is 0 Å². The molecule has 0 saturated carbocycles. The van der Waals surface area contributed by atoms with Crippen molar-refractivity contribution in [2.24, 2.45) is 0 Å². The normalized spacial score (nSPS) is 21.8. The molecule has 5 heteroatoms. The highest BCUT2D eigenvalue weighted by Gasteiger charge is 2.46. The number of anilines is 1. The van der Waals surface area contributed by atoms with Gasteiger partial charge in [0.15, 0.2) is 0 Å². The monoisotopic (exact) mass is 299 g/mol. The van der Waals surface area contributed by atoms with Crippen LogP contribution in [0.5, 0.6) is 0 Å². The molecule has 2 aliphatic heterocycles. The molecule has 2 heterocycles. The summed E-state index contributed by atoms with van der Waals surface area (Å²) in [6, 6.07) is 7.51. The molecule has 0 aliphatic carbocycles. The van der Waals surface area contributed by atoms with Crippen LogP contribution in [0.2, 0.25) is 0 Å². The van der Waals surface area contributed by atoms with Crippen LogP contribution in [0.1, 0.15) is 25.8 Å². The Labute approximate surface area is 130 Å². The molecule has 22 heavy (non-hydrogen) atoms. The molecule has 5 nitrogen and oxygen atoms in total. The molecule has 1 saturated heterocycles. The van der Waals surface area contributed by atoms with Crippen molar-refractivity contribution >= 4 is 23.2 Å². The van der Waals surface area contributed by atoms with Crippen LogP contribution in [0.25, 0.3) is 5.57 Å². The van der Waals surface area contributed by atoms with E-state index in [2.05, 4.69) is 29.4 Å². The van der Waals surface area contributed by atoms with E-state index in [0.29, 0.717) is 0 Å². The lowest BCUT2D eigenvalue weighted by molar-refractivity contribution is -0.122. The van der Waals surface area contributed by atoms with Crippen LogP contribution in [0, 0.1) is 0 Å². The van der Waals surface area contributed by atoms with Gasteiger partial charge in [0.2, 0.25) is 0 Å². The second-order valence-electron chi connectivity index (χ2n) is 6.45. The zero-order chi connectivity index (χ0) is 15.9. The topological polar surface area (TPSA) is 52.6 Å². The Bertz CT molecular complexity index is 664. The Hall–Kier alpha value is -2.14. The van der Waals surface area contributed by atoms with Crippen molar-refractivity contribution in [2.75, 3.05) is 25.0 Å². The predicted molar refractivity (Wildman–Crippen MR) is 86.6 cm³/mol. The third kappa shape index (κ3) is 2.41. The number of likely N-dealkylation sites (N-methyl/N-ethyl adjacent to an activating group) is 1. The average Bonchev–Trinajstić information content (AvgIpc) is 2.68. The standard InChI is InChI=1S/C17H21N3O2/c1-17(2)15(21)18-16(22)20(17)14-6-4-5-13(11-14)12-7-9-19(3)10-8-12/h4-7,11H,8-10H2,1-3H3,(H,18,21,22). The van der Waals surface area contributed by atoms with Crippen molar-refractivity contribution < 1.29 is 9.59 Å². The summed E-state index contributed by atoms with van der Waals surface area (Å²) >= 11 is 0. The van der Waals surface area contributed by atoms with Crippen LogP contribution in [-0.2, 0) is 4.79 Å². The molecule has 0 unspecified atom stereocenters. The molecule has 0 bridgehead atoms. The summed E-state index contributed by atoms with van der Waals surface area (Å²) < 4.78 is 0. The molecule has 3 rings (SSSR count). The predicted octanol–water partition coefficient (Wildman–Crippen LogP) is 2.24. The fourth-order valence-electron chi connectivity index (χ4n) is 2.98. The number of nitrogens with zero attached hydrogens (tertiary/aromatic N) is 2. The second-order valence-corrected chi connectivity index (χ2v) is 6.45. The van der Waals surface area contributed by atoms with Gasteiger partial charge in [0.05, 0.1) is 0 Å². The number of imide groups is 1. The van der Waals surface area contributed by atoms with Gasteiger partial charge in [-0.25, -0.2) is 4.79 Å². The highest BCUT2D eigenvalue weighted by molar-refractivity contribution is 6.16. The molecule has 3 amide bonds.